The molecule has 1 saturated carbocycles. The summed E-state index contributed by atoms with van der Waals surface area (Å²) >= 11 is 5.96. The molecule has 8 heteroatoms. The predicted molar refractivity (Wildman–Crippen MR) is 79.8 cm³/mol. The Morgan fingerprint density at radius 1 is 1.41 bits per heavy atom. The zero-order valence-corrected chi connectivity index (χ0v) is 13.4. The summed E-state index contributed by atoms with van der Waals surface area (Å²) in [6.45, 7) is 0. The van der Waals surface area contributed by atoms with E-state index in [2.05, 4.69) is 10.1 Å². The summed E-state index contributed by atoms with van der Waals surface area (Å²) in [5.74, 6) is 0.323. The van der Waals surface area contributed by atoms with Crippen molar-refractivity contribution in [2.45, 2.75) is 19.3 Å². The molecule has 0 atom stereocenters. The van der Waals surface area contributed by atoms with Crippen LogP contribution in [0.5, 0.6) is 0 Å². The standard InChI is InChI=1S/C14H14ClFN2O3S/c1-22(19,20)8-14(4-5-14)7-12-17-13(18-21-12)10-3-2-9(16)6-11(10)15/h2-3,6H,4-5,7-8H2,1H3. The second-order valence-corrected chi connectivity index (χ2v) is 8.43. The third kappa shape index (κ3) is 3.47. The van der Waals surface area contributed by atoms with Crippen molar-refractivity contribution in [2.24, 2.45) is 5.41 Å². The summed E-state index contributed by atoms with van der Waals surface area (Å²) in [7, 11) is -3.05. The topological polar surface area (TPSA) is 73.1 Å². The number of aromatic nitrogens is 2. The first-order valence-corrected chi connectivity index (χ1v) is 9.16. The van der Waals surface area contributed by atoms with Crippen LogP contribution in [0.25, 0.3) is 11.4 Å². The van der Waals surface area contributed by atoms with Gasteiger partial charge in [0.2, 0.25) is 11.7 Å². The van der Waals surface area contributed by atoms with Gasteiger partial charge in [-0.1, -0.05) is 16.8 Å². The minimum Gasteiger partial charge on any atom is -0.339 e. The lowest BCUT2D eigenvalue weighted by Crippen LogP contribution is -2.18. The van der Waals surface area contributed by atoms with Gasteiger partial charge in [0.1, 0.15) is 15.7 Å². The summed E-state index contributed by atoms with van der Waals surface area (Å²) in [6.07, 6.45) is 3.31. The minimum absolute atomic E-state index is 0.120. The van der Waals surface area contributed by atoms with E-state index in [1.807, 2.05) is 0 Å². The van der Waals surface area contributed by atoms with Crippen molar-refractivity contribution in [3.8, 4) is 11.4 Å². The van der Waals surface area contributed by atoms with E-state index in [1.165, 1.54) is 24.5 Å². The molecule has 0 N–H and O–H groups in total. The van der Waals surface area contributed by atoms with Crippen LogP contribution in [-0.2, 0) is 16.3 Å². The van der Waals surface area contributed by atoms with Crippen molar-refractivity contribution in [1.29, 1.82) is 0 Å². The number of rotatable bonds is 5. The Morgan fingerprint density at radius 3 is 2.73 bits per heavy atom. The van der Waals surface area contributed by atoms with Gasteiger partial charge in [-0.05, 0) is 36.5 Å². The fourth-order valence-electron chi connectivity index (χ4n) is 2.53. The molecule has 0 bridgehead atoms. The molecule has 1 aliphatic rings. The predicted octanol–water partition coefficient (Wildman–Crippen LogP) is 2.90. The number of hydrogen-bond acceptors (Lipinski definition) is 5. The van der Waals surface area contributed by atoms with E-state index in [1.54, 1.807) is 0 Å². The van der Waals surface area contributed by atoms with E-state index in [4.69, 9.17) is 16.1 Å². The van der Waals surface area contributed by atoms with Gasteiger partial charge in [0.25, 0.3) is 0 Å². The van der Waals surface area contributed by atoms with Gasteiger partial charge >= 0.3 is 0 Å². The molecule has 118 valence electrons. The number of benzene rings is 1. The van der Waals surface area contributed by atoms with Gasteiger partial charge < -0.3 is 4.52 Å². The molecule has 1 aromatic heterocycles. The van der Waals surface area contributed by atoms with Gasteiger partial charge in [0.05, 0.1) is 10.8 Å². The Kier molecular flexibility index (Phi) is 3.72. The molecule has 1 fully saturated rings. The number of hydrogen-bond donors (Lipinski definition) is 0. The fraction of sp³-hybridized carbons (Fsp3) is 0.429. The first-order chi connectivity index (χ1) is 10.3. The van der Waals surface area contributed by atoms with E-state index in [-0.39, 0.29) is 22.0 Å². The highest BCUT2D eigenvalue weighted by atomic mass is 35.5. The lowest BCUT2D eigenvalue weighted by atomic mass is 10.1. The summed E-state index contributed by atoms with van der Waals surface area (Å²) in [4.78, 5) is 4.25. The Balaban J connectivity index is 1.80. The van der Waals surface area contributed by atoms with Crippen LogP contribution < -0.4 is 0 Å². The molecule has 22 heavy (non-hydrogen) atoms. The van der Waals surface area contributed by atoms with Crippen molar-refractivity contribution in [3.63, 3.8) is 0 Å². The average Bonchev–Trinajstić information content (AvgIpc) is 2.95. The molecular formula is C14H14ClFN2O3S. The Hall–Kier alpha value is -1.47. The van der Waals surface area contributed by atoms with Crippen LogP contribution in [0.4, 0.5) is 4.39 Å². The van der Waals surface area contributed by atoms with Gasteiger partial charge in [0, 0.05) is 18.2 Å². The number of nitrogens with zero attached hydrogens (tertiary/aromatic N) is 2. The first kappa shape index (κ1) is 15.4. The van der Waals surface area contributed by atoms with Crippen LogP contribution in [0.2, 0.25) is 5.02 Å². The summed E-state index contributed by atoms with van der Waals surface area (Å²) < 4.78 is 41.2. The summed E-state index contributed by atoms with van der Waals surface area (Å²) in [5.41, 5.74) is 0.190. The molecule has 0 unspecified atom stereocenters. The quantitative estimate of drug-likeness (QED) is 0.833. The minimum atomic E-state index is -3.05. The molecule has 0 radical (unpaired) electrons. The molecule has 0 amide bonds. The molecule has 5 nitrogen and oxygen atoms in total. The average molecular weight is 345 g/mol. The van der Waals surface area contributed by atoms with Crippen LogP contribution in [0.3, 0.4) is 0 Å². The smallest absolute Gasteiger partial charge is 0.227 e. The van der Waals surface area contributed by atoms with Crippen LogP contribution in [0.1, 0.15) is 18.7 Å². The molecule has 0 spiro atoms. The molecule has 2 aromatic rings. The lowest BCUT2D eigenvalue weighted by Gasteiger charge is -2.09. The monoisotopic (exact) mass is 344 g/mol. The third-order valence-electron chi connectivity index (χ3n) is 3.69. The highest BCUT2D eigenvalue weighted by Gasteiger charge is 2.46. The van der Waals surface area contributed by atoms with Crippen molar-refractivity contribution >= 4 is 21.4 Å². The largest absolute Gasteiger partial charge is 0.339 e. The SMILES string of the molecule is CS(=O)(=O)CC1(Cc2nc(-c3ccc(F)cc3Cl)no2)CC1. The Labute approximate surface area is 132 Å². The molecule has 0 saturated heterocycles. The Morgan fingerprint density at radius 2 is 2.14 bits per heavy atom. The van der Waals surface area contributed by atoms with E-state index in [0.717, 1.165) is 12.8 Å². The molecule has 0 aliphatic heterocycles. The highest BCUT2D eigenvalue weighted by molar-refractivity contribution is 7.90. The molecule has 1 aromatic carbocycles. The normalized spacial score (nSPS) is 16.7. The molecule has 1 aliphatic carbocycles. The van der Waals surface area contributed by atoms with Crippen molar-refractivity contribution in [2.75, 3.05) is 12.0 Å². The van der Waals surface area contributed by atoms with Crippen molar-refractivity contribution < 1.29 is 17.3 Å². The maximum Gasteiger partial charge on any atom is 0.227 e. The summed E-state index contributed by atoms with van der Waals surface area (Å²) in [5, 5.41) is 4.04. The highest BCUT2D eigenvalue weighted by Crippen LogP contribution is 2.49. The van der Waals surface area contributed by atoms with Gasteiger partial charge in [0.15, 0.2) is 0 Å². The molecule has 1 heterocycles. The van der Waals surface area contributed by atoms with Crippen molar-refractivity contribution in [3.05, 3.63) is 34.9 Å². The van der Waals surface area contributed by atoms with E-state index in [9.17, 15) is 12.8 Å². The number of sulfone groups is 1. The maximum absolute atomic E-state index is 13.1. The van der Waals surface area contributed by atoms with Crippen LogP contribution in [0.15, 0.2) is 22.7 Å². The van der Waals surface area contributed by atoms with Gasteiger partial charge in [-0.2, -0.15) is 4.98 Å². The van der Waals surface area contributed by atoms with Crippen LogP contribution in [-0.4, -0.2) is 30.6 Å². The molecular weight excluding hydrogens is 331 g/mol. The lowest BCUT2D eigenvalue weighted by molar-refractivity contribution is 0.353. The second-order valence-electron chi connectivity index (χ2n) is 5.88. The zero-order valence-electron chi connectivity index (χ0n) is 11.8. The Bertz CT molecular complexity index is 815. The third-order valence-corrected chi connectivity index (χ3v) is 5.14. The van der Waals surface area contributed by atoms with E-state index >= 15 is 0 Å². The van der Waals surface area contributed by atoms with Gasteiger partial charge in [-0.3, -0.25) is 0 Å². The maximum atomic E-state index is 13.1. The zero-order chi connectivity index (χ0) is 16.0. The van der Waals surface area contributed by atoms with Crippen LogP contribution in [0, 0.1) is 11.2 Å². The first-order valence-electron chi connectivity index (χ1n) is 6.72. The van der Waals surface area contributed by atoms with E-state index < -0.39 is 15.7 Å². The second kappa shape index (κ2) is 5.31. The van der Waals surface area contributed by atoms with Crippen LogP contribution >= 0.6 is 11.6 Å². The van der Waals surface area contributed by atoms with Crippen molar-refractivity contribution in [1.82, 2.24) is 10.1 Å². The van der Waals surface area contributed by atoms with Gasteiger partial charge in [-0.15, -0.1) is 0 Å². The fourth-order valence-corrected chi connectivity index (χ4v) is 4.29. The summed E-state index contributed by atoms with van der Waals surface area (Å²) in [6, 6.07) is 3.93. The van der Waals surface area contributed by atoms with E-state index in [0.29, 0.717) is 17.9 Å². The number of halogens is 2. The molecule has 3 rings (SSSR count). The van der Waals surface area contributed by atoms with Gasteiger partial charge in [-0.25, -0.2) is 12.8 Å².